The van der Waals surface area contributed by atoms with E-state index in [0.29, 0.717) is 57.0 Å². The summed E-state index contributed by atoms with van der Waals surface area (Å²) in [6.45, 7) is 8.30. The molecule has 1 saturated heterocycles. The van der Waals surface area contributed by atoms with Crippen molar-refractivity contribution < 1.29 is 61.4 Å². The summed E-state index contributed by atoms with van der Waals surface area (Å²) in [5.74, 6) is -12.7. The number of nitrogens with zero attached hydrogens (tertiary/aromatic N) is 8. The predicted molar refractivity (Wildman–Crippen MR) is 544 cm³/mol. The average Bonchev–Trinajstić information content (AvgIpc) is 0.998. The second-order valence-corrected chi connectivity index (χ2v) is 36.5. The zero-order valence-electron chi connectivity index (χ0n) is 76.6. The van der Waals surface area contributed by atoms with Gasteiger partial charge >= 0.3 is 40.5 Å². The van der Waals surface area contributed by atoms with E-state index in [2.05, 4.69) is 271 Å². The van der Waals surface area contributed by atoms with E-state index in [-0.39, 0.29) is 23.7 Å². The molecule has 0 amide bonds. The standard InChI is InChI=1S/C54H36N4.C35H20F9N3O3S.C29H28BNO2/c1-5-13-37(14-6-1)49-35-50(41-15-7-2-8-16-41)55-51(36-49)42-27-21-38(22-28-42)46-31-25-40-26-32-47(34-48(40)33-46)39-23-29-45(30-24-39)54-57-52(43-17-9-3-10-18-43)56-53(58-54)44-19-11-4-12-20-44;36-32(37,34(40,41)42)33(38,39)35(43,44)51(48,49)50-28-18-17-22-13-16-26(19-27(22)20-28)21-11-14-25(15-12-21)31-46-29(23-7-3-1-4-8-23)45-30(47-31)24-9-5-2-6-10-24;1-28(2)29(3,4)33-30(32-28)25-17-15-23(16-18-25)27-20-24(21-11-7-5-8-12-21)19-26(31-27)22-13-9-6-10-14-22/h1-36H;1-20H;5-20H,1-4H3. The Bertz CT molecular complexity index is 7600. The van der Waals surface area contributed by atoms with Crippen LogP contribution in [0.15, 0.2) is 437 Å². The third-order valence-electron chi connectivity index (χ3n) is 24.9. The van der Waals surface area contributed by atoms with Crippen molar-refractivity contribution in [2.45, 2.75) is 62.2 Å². The molecule has 1 aliphatic rings. The van der Waals surface area contributed by atoms with Crippen molar-refractivity contribution in [2.75, 3.05) is 0 Å². The minimum atomic E-state index is -7.42. The first-order valence-corrected chi connectivity index (χ1v) is 46.8. The third kappa shape index (κ3) is 20.1. The summed E-state index contributed by atoms with van der Waals surface area (Å²) in [6.07, 6.45) is -7.20. The molecule has 1 fully saturated rings. The molecule has 0 N–H and O–H groups in total. The molecule has 0 aliphatic carbocycles. The van der Waals surface area contributed by atoms with Gasteiger partial charge in [-0.15, -0.1) is 0 Å². The Morgan fingerprint density at radius 3 is 0.754 bits per heavy atom. The number of hydrogen-bond acceptors (Lipinski definition) is 13. The summed E-state index contributed by atoms with van der Waals surface area (Å²) in [5, 5.41) is -4.10. The number of hydrogen-bond donors (Lipinski definition) is 0. The van der Waals surface area contributed by atoms with Gasteiger partial charge in [0, 0.05) is 55.6 Å². The molecule has 0 unspecified atom stereocenters. The average molecular weight is 1910 g/mol. The molecule has 0 bridgehead atoms. The molecule has 21 rings (SSSR count). The molecule has 20 aromatic rings. The summed E-state index contributed by atoms with van der Waals surface area (Å²) >= 11 is 0. The first-order chi connectivity index (χ1) is 68.4. The molecule has 0 radical (unpaired) electrons. The maximum absolute atomic E-state index is 14.2. The Kier molecular flexibility index (Phi) is 26.2. The lowest BCUT2D eigenvalue weighted by Gasteiger charge is -2.32. The molecule has 13 nitrogen and oxygen atoms in total. The van der Waals surface area contributed by atoms with Crippen LogP contribution in [0.5, 0.6) is 5.75 Å². The van der Waals surface area contributed by atoms with Gasteiger partial charge in [0.05, 0.1) is 34.0 Å². The van der Waals surface area contributed by atoms with Crippen LogP contribution in [0.3, 0.4) is 0 Å². The number of pyridine rings is 2. The summed E-state index contributed by atoms with van der Waals surface area (Å²) in [5.41, 5.74) is 23.8. The molecule has 698 valence electrons. The topological polar surface area (TPSA) is 165 Å². The molecular formula is C118H84BF9N8O5S. The van der Waals surface area contributed by atoms with Crippen molar-refractivity contribution in [1.29, 1.82) is 0 Å². The highest BCUT2D eigenvalue weighted by Gasteiger charge is 2.86. The highest BCUT2D eigenvalue weighted by atomic mass is 32.2. The quantitative estimate of drug-likeness (QED) is 0.0379. The predicted octanol–water partition coefficient (Wildman–Crippen LogP) is 30.0. The molecule has 0 saturated carbocycles. The highest BCUT2D eigenvalue weighted by Crippen LogP contribution is 2.55. The minimum Gasteiger partial charge on any atom is -0.399 e. The minimum absolute atomic E-state index is 0.123. The van der Waals surface area contributed by atoms with Crippen LogP contribution in [0.4, 0.5) is 39.5 Å². The van der Waals surface area contributed by atoms with Crippen LogP contribution < -0.4 is 9.65 Å². The van der Waals surface area contributed by atoms with Crippen LogP contribution in [0, 0.1) is 0 Å². The lowest BCUT2D eigenvalue weighted by Crippen LogP contribution is -2.63. The lowest BCUT2D eigenvalue weighted by atomic mass is 9.78. The Labute approximate surface area is 814 Å². The van der Waals surface area contributed by atoms with E-state index in [1.807, 2.05) is 152 Å². The molecule has 142 heavy (non-hydrogen) atoms. The molecule has 1 aliphatic heterocycles. The van der Waals surface area contributed by atoms with E-state index < -0.39 is 39.1 Å². The van der Waals surface area contributed by atoms with Crippen molar-refractivity contribution in [3.05, 3.63) is 437 Å². The van der Waals surface area contributed by atoms with E-state index in [9.17, 15) is 47.9 Å². The zero-order chi connectivity index (χ0) is 98.6. The number of fused-ring (bicyclic) bond motifs is 2. The van der Waals surface area contributed by atoms with E-state index in [1.54, 1.807) is 36.4 Å². The molecule has 16 aromatic carbocycles. The van der Waals surface area contributed by atoms with Crippen LogP contribution in [0.25, 0.3) is 191 Å². The first-order valence-electron chi connectivity index (χ1n) is 45.4. The summed E-state index contributed by atoms with van der Waals surface area (Å²) < 4.78 is 161. The largest absolute Gasteiger partial charge is 0.494 e. The smallest absolute Gasteiger partial charge is 0.399 e. The van der Waals surface area contributed by atoms with Crippen LogP contribution in [0.1, 0.15) is 27.7 Å². The number of rotatable bonds is 21. The second kappa shape index (κ2) is 39.4. The molecule has 5 heterocycles. The van der Waals surface area contributed by atoms with Crippen molar-refractivity contribution >= 4 is 44.2 Å². The van der Waals surface area contributed by atoms with Gasteiger partial charge in [-0.2, -0.15) is 47.9 Å². The first kappa shape index (κ1) is 94.4. The fourth-order valence-corrected chi connectivity index (χ4v) is 17.3. The van der Waals surface area contributed by atoms with Crippen LogP contribution in [-0.4, -0.2) is 89.9 Å². The van der Waals surface area contributed by atoms with Crippen LogP contribution >= 0.6 is 0 Å². The normalized spacial score (nSPS) is 13.1. The van der Waals surface area contributed by atoms with Gasteiger partial charge in [0.25, 0.3) is 0 Å². The molecule has 24 heteroatoms. The van der Waals surface area contributed by atoms with Gasteiger partial charge in [0.1, 0.15) is 5.75 Å². The molecule has 0 atom stereocenters. The Morgan fingerprint density at radius 1 is 0.232 bits per heavy atom. The van der Waals surface area contributed by atoms with E-state index in [1.165, 1.54) is 33.5 Å². The molecule has 4 aromatic heterocycles. The maximum atomic E-state index is 14.2. The highest BCUT2D eigenvalue weighted by molar-refractivity contribution is 7.88. The summed E-state index contributed by atoms with van der Waals surface area (Å²) in [7, 11) is -7.47. The zero-order valence-corrected chi connectivity index (χ0v) is 77.4. The number of alkyl halides is 9. The summed E-state index contributed by atoms with van der Waals surface area (Å²) in [6, 6.07) is 142. The fourth-order valence-electron chi connectivity index (χ4n) is 16.3. The molecule has 0 spiro atoms. The van der Waals surface area contributed by atoms with Gasteiger partial charge in [-0.05, 0) is 165 Å². The van der Waals surface area contributed by atoms with Gasteiger partial charge in [-0.3, -0.25) is 0 Å². The van der Waals surface area contributed by atoms with Crippen LogP contribution in [0.2, 0.25) is 0 Å². The summed E-state index contributed by atoms with van der Waals surface area (Å²) in [4.78, 5) is 38.8. The van der Waals surface area contributed by atoms with E-state index in [4.69, 9.17) is 34.2 Å². The van der Waals surface area contributed by atoms with Gasteiger partial charge in [-0.1, -0.05) is 382 Å². The van der Waals surface area contributed by atoms with Gasteiger partial charge in [-0.25, -0.2) is 39.9 Å². The Balaban J connectivity index is 0.000000140. The fraction of sp³-hybridized carbons (Fsp3) is 0.0847. The van der Waals surface area contributed by atoms with Crippen molar-refractivity contribution in [1.82, 2.24) is 39.9 Å². The van der Waals surface area contributed by atoms with Gasteiger partial charge in [0.2, 0.25) is 0 Å². The van der Waals surface area contributed by atoms with Gasteiger partial charge in [0.15, 0.2) is 34.9 Å². The van der Waals surface area contributed by atoms with Crippen molar-refractivity contribution in [3.8, 4) is 175 Å². The van der Waals surface area contributed by atoms with E-state index in [0.717, 1.165) is 124 Å². The maximum Gasteiger partial charge on any atom is 0.494 e. The van der Waals surface area contributed by atoms with Crippen LogP contribution in [-0.2, 0) is 19.4 Å². The van der Waals surface area contributed by atoms with Crippen molar-refractivity contribution in [3.63, 3.8) is 0 Å². The van der Waals surface area contributed by atoms with Gasteiger partial charge < -0.3 is 13.5 Å². The monoisotopic (exact) mass is 1910 g/mol. The van der Waals surface area contributed by atoms with E-state index >= 15 is 0 Å². The Morgan fingerprint density at radius 2 is 0.458 bits per heavy atom. The molecular weight excluding hydrogens is 1820 g/mol. The lowest BCUT2D eigenvalue weighted by molar-refractivity contribution is -0.382. The third-order valence-corrected chi connectivity index (χ3v) is 26.2. The van der Waals surface area contributed by atoms with Crippen molar-refractivity contribution in [2.24, 2.45) is 0 Å². The number of aromatic nitrogens is 8. The Hall–Kier alpha value is -16.5. The number of benzene rings is 16. The SMILES string of the molecule is CC1(C)OB(c2ccc(-c3cc(-c4ccccc4)cc(-c4ccccc4)n3)cc2)OC1(C)C.O=S(=O)(Oc1ccc2ccc(-c3ccc(-c4nc(-c5ccccc5)nc(-c5ccccc5)n4)cc3)cc2c1)C(F)(F)C(F)(F)C(F)(F)C(F)(F)F.c1ccc(-c2cc(-c3ccccc3)nc(-c3ccc(-c4ccc5ccc(-c6ccc(-c7nc(-c8ccccc8)nc(-c8ccccc8)n7)cc6)cc5c4)cc3)c2)cc1. The second-order valence-electron chi connectivity index (χ2n) is 34.9. The number of halogens is 9.